The maximum Gasteiger partial charge on any atom is 0.221 e. The van der Waals surface area contributed by atoms with Crippen LogP contribution in [0.1, 0.15) is 5.56 Å². The topological polar surface area (TPSA) is 79.5 Å². The van der Waals surface area contributed by atoms with Gasteiger partial charge in [-0.2, -0.15) is 0 Å². The van der Waals surface area contributed by atoms with Crippen LogP contribution >= 0.6 is 0 Å². The van der Waals surface area contributed by atoms with E-state index in [4.69, 9.17) is 19.9 Å². The van der Waals surface area contributed by atoms with Crippen LogP contribution in [-0.4, -0.2) is 31.3 Å². The fourth-order valence-electron chi connectivity index (χ4n) is 2.79. The molecule has 6 heteroatoms. The molecular formula is C20H21N3O3. The van der Waals surface area contributed by atoms with Gasteiger partial charge in [0.05, 0.1) is 32.7 Å². The van der Waals surface area contributed by atoms with Crippen molar-refractivity contribution in [3.63, 3.8) is 0 Å². The third-order valence-corrected chi connectivity index (χ3v) is 4.02. The van der Waals surface area contributed by atoms with Crippen molar-refractivity contribution in [3.8, 4) is 39.8 Å². The number of rotatable bonds is 5. The lowest BCUT2D eigenvalue weighted by Gasteiger charge is -2.14. The van der Waals surface area contributed by atoms with Crippen LogP contribution in [0.25, 0.3) is 22.5 Å². The second kappa shape index (κ2) is 7.31. The number of nitrogens with two attached hydrogens (primary N) is 1. The summed E-state index contributed by atoms with van der Waals surface area (Å²) in [4.78, 5) is 8.74. The summed E-state index contributed by atoms with van der Waals surface area (Å²) in [5.41, 5.74) is 10.3. The van der Waals surface area contributed by atoms with Crippen molar-refractivity contribution in [2.24, 2.45) is 0 Å². The van der Waals surface area contributed by atoms with Gasteiger partial charge in [0.1, 0.15) is 0 Å². The zero-order valence-corrected chi connectivity index (χ0v) is 15.2. The standard InChI is InChI=1S/C20H21N3O3/c1-12-6-5-7-13(8-12)15-11-16(23-20(21)22-15)14-9-17(24-2)19(26-4)18(10-14)25-3/h5-11H,1-4H3,(H2,21,22,23). The van der Waals surface area contributed by atoms with Gasteiger partial charge in [0.2, 0.25) is 11.7 Å². The largest absolute Gasteiger partial charge is 0.493 e. The molecule has 2 N–H and O–H groups in total. The lowest BCUT2D eigenvalue weighted by Crippen LogP contribution is -2.00. The first kappa shape index (κ1) is 17.5. The first-order chi connectivity index (χ1) is 12.5. The van der Waals surface area contributed by atoms with Crippen molar-refractivity contribution in [2.75, 3.05) is 27.1 Å². The average molecular weight is 351 g/mol. The molecule has 0 bridgehead atoms. The van der Waals surface area contributed by atoms with Crippen molar-refractivity contribution in [2.45, 2.75) is 6.92 Å². The summed E-state index contributed by atoms with van der Waals surface area (Å²) in [6.07, 6.45) is 0. The van der Waals surface area contributed by atoms with E-state index < -0.39 is 0 Å². The molecule has 0 saturated heterocycles. The second-order valence-corrected chi connectivity index (χ2v) is 5.78. The Morgan fingerprint density at radius 1 is 0.769 bits per heavy atom. The summed E-state index contributed by atoms with van der Waals surface area (Å²) in [7, 11) is 4.72. The number of anilines is 1. The minimum atomic E-state index is 0.202. The Morgan fingerprint density at radius 3 is 1.92 bits per heavy atom. The summed E-state index contributed by atoms with van der Waals surface area (Å²) in [6, 6.07) is 13.6. The minimum absolute atomic E-state index is 0.202. The smallest absolute Gasteiger partial charge is 0.221 e. The Labute approximate surface area is 152 Å². The highest BCUT2D eigenvalue weighted by molar-refractivity contribution is 5.73. The van der Waals surface area contributed by atoms with E-state index in [2.05, 4.69) is 16.0 Å². The molecule has 0 radical (unpaired) electrons. The molecule has 6 nitrogen and oxygen atoms in total. The molecular weight excluding hydrogens is 330 g/mol. The molecule has 0 spiro atoms. The molecule has 0 aliphatic carbocycles. The molecule has 2 aromatic carbocycles. The highest BCUT2D eigenvalue weighted by Gasteiger charge is 2.16. The van der Waals surface area contributed by atoms with E-state index in [1.165, 1.54) is 0 Å². The summed E-state index contributed by atoms with van der Waals surface area (Å²) in [5.74, 6) is 1.83. The fourth-order valence-corrected chi connectivity index (χ4v) is 2.79. The van der Waals surface area contributed by atoms with Crippen LogP contribution in [-0.2, 0) is 0 Å². The molecule has 134 valence electrons. The third-order valence-electron chi connectivity index (χ3n) is 4.02. The molecule has 1 aromatic heterocycles. The Morgan fingerprint density at radius 2 is 1.38 bits per heavy atom. The SMILES string of the molecule is COc1cc(-c2cc(-c3cccc(C)c3)nc(N)n2)cc(OC)c1OC. The normalized spacial score (nSPS) is 10.5. The van der Waals surface area contributed by atoms with Gasteiger partial charge < -0.3 is 19.9 Å². The van der Waals surface area contributed by atoms with Gasteiger partial charge in [-0.05, 0) is 31.2 Å². The summed E-state index contributed by atoms with van der Waals surface area (Å²) >= 11 is 0. The van der Waals surface area contributed by atoms with Crippen LogP contribution in [0.2, 0.25) is 0 Å². The molecule has 0 fully saturated rings. The lowest BCUT2D eigenvalue weighted by atomic mass is 10.1. The maximum absolute atomic E-state index is 5.96. The number of hydrogen-bond donors (Lipinski definition) is 1. The quantitative estimate of drug-likeness (QED) is 0.754. The summed E-state index contributed by atoms with van der Waals surface area (Å²) in [5, 5.41) is 0. The van der Waals surface area contributed by atoms with E-state index in [1.807, 2.05) is 43.3 Å². The lowest BCUT2D eigenvalue weighted by molar-refractivity contribution is 0.324. The Bertz CT molecular complexity index is 916. The number of ether oxygens (including phenoxy) is 3. The van der Waals surface area contributed by atoms with Gasteiger partial charge in [0.15, 0.2) is 11.5 Å². The van der Waals surface area contributed by atoms with Crippen LogP contribution in [0.15, 0.2) is 42.5 Å². The average Bonchev–Trinajstić information content (AvgIpc) is 2.66. The van der Waals surface area contributed by atoms with Gasteiger partial charge in [-0.25, -0.2) is 9.97 Å². The number of nitrogens with zero attached hydrogens (tertiary/aromatic N) is 2. The van der Waals surface area contributed by atoms with Crippen molar-refractivity contribution in [1.29, 1.82) is 0 Å². The zero-order valence-electron chi connectivity index (χ0n) is 15.2. The number of hydrogen-bond acceptors (Lipinski definition) is 6. The number of benzene rings is 2. The van der Waals surface area contributed by atoms with Crippen LogP contribution in [0.4, 0.5) is 5.95 Å². The Kier molecular flexibility index (Phi) is 4.93. The van der Waals surface area contributed by atoms with E-state index in [-0.39, 0.29) is 5.95 Å². The molecule has 3 rings (SSSR count). The van der Waals surface area contributed by atoms with Crippen molar-refractivity contribution < 1.29 is 14.2 Å². The zero-order chi connectivity index (χ0) is 18.7. The highest BCUT2D eigenvalue weighted by atomic mass is 16.5. The molecule has 0 amide bonds. The number of methoxy groups -OCH3 is 3. The maximum atomic E-state index is 5.96. The van der Waals surface area contributed by atoms with E-state index in [0.29, 0.717) is 22.9 Å². The van der Waals surface area contributed by atoms with Crippen LogP contribution in [0, 0.1) is 6.92 Å². The monoisotopic (exact) mass is 351 g/mol. The molecule has 0 aliphatic heterocycles. The van der Waals surface area contributed by atoms with Crippen molar-refractivity contribution in [1.82, 2.24) is 9.97 Å². The molecule has 26 heavy (non-hydrogen) atoms. The molecule has 1 heterocycles. The minimum Gasteiger partial charge on any atom is -0.493 e. The van der Waals surface area contributed by atoms with E-state index in [0.717, 1.165) is 22.4 Å². The number of aryl methyl sites for hydroxylation is 1. The van der Waals surface area contributed by atoms with Crippen LogP contribution < -0.4 is 19.9 Å². The van der Waals surface area contributed by atoms with Gasteiger partial charge in [0, 0.05) is 11.1 Å². The third kappa shape index (κ3) is 3.39. The Balaban J connectivity index is 2.15. The van der Waals surface area contributed by atoms with Crippen LogP contribution in [0.5, 0.6) is 17.2 Å². The summed E-state index contributed by atoms with van der Waals surface area (Å²) in [6.45, 7) is 2.04. The van der Waals surface area contributed by atoms with Gasteiger partial charge in [-0.1, -0.05) is 23.8 Å². The van der Waals surface area contributed by atoms with E-state index >= 15 is 0 Å². The molecule has 0 atom stereocenters. The van der Waals surface area contributed by atoms with Crippen molar-refractivity contribution >= 4 is 5.95 Å². The summed E-state index contributed by atoms with van der Waals surface area (Å²) < 4.78 is 16.2. The highest BCUT2D eigenvalue weighted by Crippen LogP contribution is 2.41. The number of aromatic nitrogens is 2. The van der Waals surface area contributed by atoms with Gasteiger partial charge in [-0.15, -0.1) is 0 Å². The van der Waals surface area contributed by atoms with Gasteiger partial charge in [-0.3, -0.25) is 0 Å². The second-order valence-electron chi connectivity index (χ2n) is 5.78. The molecule has 0 unspecified atom stereocenters. The van der Waals surface area contributed by atoms with Gasteiger partial charge >= 0.3 is 0 Å². The van der Waals surface area contributed by atoms with E-state index in [9.17, 15) is 0 Å². The van der Waals surface area contributed by atoms with E-state index in [1.54, 1.807) is 21.3 Å². The molecule has 0 saturated carbocycles. The first-order valence-corrected chi connectivity index (χ1v) is 8.07. The number of nitrogen functional groups attached to an aromatic ring is 1. The van der Waals surface area contributed by atoms with Crippen molar-refractivity contribution in [3.05, 3.63) is 48.0 Å². The fraction of sp³-hybridized carbons (Fsp3) is 0.200. The first-order valence-electron chi connectivity index (χ1n) is 8.07. The van der Waals surface area contributed by atoms with Gasteiger partial charge in [0.25, 0.3) is 0 Å². The molecule has 0 aliphatic rings. The van der Waals surface area contributed by atoms with Crippen LogP contribution in [0.3, 0.4) is 0 Å². The predicted molar refractivity (Wildman–Crippen MR) is 102 cm³/mol. The predicted octanol–water partition coefficient (Wildman–Crippen LogP) is 3.73. The Hall–Kier alpha value is -3.28. The molecule has 3 aromatic rings.